The van der Waals surface area contributed by atoms with Crippen LogP contribution in [0.15, 0.2) is 112 Å². The third-order valence-corrected chi connectivity index (χ3v) is 5.43. The first-order valence-electron chi connectivity index (χ1n) is 11.1. The van der Waals surface area contributed by atoms with Gasteiger partial charge < -0.3 is 4.42 Å². The van der Waals surface area contributed by atoms with E-state index in [1.54, 1.807) is 58.4 Å². The average molecular weight is 474 g/mol. The second-order valence-corrected chi connectivity index (χ2v) is 7.80. The van der Waals surface area contributed by atoms with Crippen molar-refractivity contribution in [2.75, 3.05) is 5.43 Å². The maximum Gasteiger partial charge on any atom is 0.345 e. The molecule has 0 radical (unpaired) electrons. The van der Waals surface area contributed by atoms with E-state index in [4.69, 9.17) is 4.42 Å². The zero-order valence-electron chi connectivity index (χ0n) is 18.8. The van der Waals surface area contributed by atoms with Crippen LogP contribution in [0.4, 0.5) is 5.82 Å². The fraction of sp³-hybridized carbons (Fsp3) is 0. The molecule has 0 fully saturated rings. The van der Waals surface area contributed by atoms with Crippen molar-refractivity contribution < 1.29 is 4.42 Å². The van der Waals surface area contributed by atoms with Gasteiger partial charge in [0, 0.05) is 29.5 Å². The van der Waals surface area contributed by atoms with Crippen LogP contribution in [0.3, 0.4) is 0 Å². The molecule has 6 rings (SSSR count). The predicted molar refractivity (Wildman–Crippen MR) is 135 cm³/mol. The van der Waals surface area contributed by atoms with E-state index in [0.717, 1.165) is 11.1 Å². The van der Waals surface area contributed by atoms with Crippen molar-refractivity contribution in [3.63, 3.8) is 0 Å². The minimum atomic E-state index is -0.477. The van der Waals surface area contributed by atoms with Gasteiger partial charge >= 0.3 is 5.63 Å². The normalized spacial score (nSPS) is 11.3. The van der Waals surface area contributed by atoms with Crippen LogP contribution in [0.1, 0.15) is 5.56 Å². The average Bonchev–Trinajstić information content (AvgIpc) is 3.60. The molecule has 0 atom stereocenters. The number of hydrogen-bond donors (Lipinski definition) is 1. The summed E-state index contributed by atoms with van der Waals surface area (Å²) in [5.74, 6) is 1.04. The summed E-state index contributed by atoms with van der Waals surface area (Å²) in [6.07, 6.45) is 6.84. The monoisotopic (exact) mass is 474 g/mol. The number of para-hydroxylation sites is 2. The maximum atomic E-state index is 12.9. The number of hydrazone groups is 1. The van der Waals surface area contributed by atoms with Gasteiger partial charge in [-0.25, -0.2) is 14.2 Å². The molecule has 10 nitrogen and oxygen atoms in total. The highest BCUT2D eigenvalue weighted by atomic mass is 16.4. The van der Waals surface area contributed by atoms with Gasteiger partial charge in [-0.1, -0.05) is 36.4 Å². The summed E-state index contributed by atoms with van der Waals surface area (Å²) >= 11 is 0. The number of anilines is 1. The third kappa shape index (κ3) is 4.14. The molecule has 10 heteroatoms. The molecule has 4 aromatic heterocycles. The number of nitrogens with one attached hydrogen (secondary N) is 1. The van der Waals surface area contributed by atoms with Gasteiger partial charge in [0.25, 0.3) is 0 Å². The Morgan fingerprint density at radius 2 is 1.78 bits per heavy atom. The topological polar surface area (TPSA) is 116 Å². The molecule has 0 aliphatic rings. The maximum absolute atomic E-state index is 12.9. The molecule has 0 amide bonds. The number of nitrogens with zero attached hydrogens (tertiary/aromatic N) is 7. The quantitative estimate of drug-likeness (QED) is 0.220. The highest BCUT2D eigenvalue weighted by Crippen LogP contribution is 2.23. The van der Waals surface area contributed by atoms with Crippen LogP contribution in [0.2, 0.25) is 0 Å². The highest BCUT2D eigenvalue weighted by molar-refractivity contribution is 5.91. The van der Waals surface area contributed by atoms with Gasteiger partial charge in [-0.3, -0.25) is 5.43 Å². The first-order valence-corrected chi connectivity index (χ1v) is 11.1. The first-order chi connectivity index (χ1) is 17.7. The summed E-state index contributed by atoms with van der Waals surface area (Å²) in [4.78, 5) is 12.9. The number of hydrogen-bond acceptors (Lipinski definition) is 8. The van der Waals surface area contributed by atoms with Gasteiger partial charge in [-0.2, -0.15) is 15.3 Å². The van der Waals surface area contributed by atoms with Crippen molar-refractivity contribution in [1.82, 2.24) is 29.8 Å². The Morgan fingerprint density at radius 1 is 0.917 bits per heavy atom. The van der Waals surface area contributed by atoms with Gasteiger partial charge in [-0.05, 0) is 42.5 Å². The summed E-state index contributed by atoms with van der Waals surface area (Å²) in [7, 11) is 0. The summed E-state index contributed by atoms with van der Waals surface area (Å²) < 4.78 is 8.85. The predicted octanol–water partition coefficient (Wildman–Crippen LogP) is 4.07. The van der Waals surface area contributed by atoms with Crippen LogP contribution < -0.4 is 11.1 Å². The SMILES string of the molecule is O=c1oc2ccccc2cc1-c1nn(-c2ccccc2)cc1/C=N\Nc1ccc(-n2cccn2)nn1. The van der Waals surface area contributed by atoms with Gasteiger partial charge in [-0.15, -0.1) is 10.2 Å². The zero-order valence-corrected chi connectivity index (χ0v) is 18.8. The standard InChI is InChI=1S/C26H18N8O2/c35-26-21(15-18-7-4-5-10-22(18)36-26)25-19(17-34(32-25)20-8-2-1-3-9-20)16-27-29-23-11-12-24(31-30-23)33-14-6-13-28-33/h1-17H,(H,29,30)/b27-16-. The van der Waals surface area contributed by atoms with Gasteiger partial charge in [0.2, 0.25) is 0 Å². The van der Waals surface area contributed by atoms with Crippen molar-refractivity contribution in [2.45, 2.75) is 0 Å². The molecule has 0 bridgehead atoms. The highest BCUT2D eigenvalue weighted by Gasteiger charge is 2.16. The van der Waals surface area contributed by atoms with Crippen LogP contribution in [0, 0.1) is 0 Å². The molecular formula is C26H18N8O2. The lowest BCUT2D eigenvalue weighted by atomic mass is 10.1. The third-order valence-electron chi connectivity index (χ3n) is 5.43. The van der Waals surface area contributed by atoms with E-state index in [9.17, 15) is 4.79 Å². The molecule has 0 aliphatic heterocycles. The number of rotatable bonds is 6. The molecule has 174 valence electrons. The number of aromatic nitrogens is 6. The van der Waals surface area contributed by atoms with Crippen LogP contribution in [-0.4, -0.2) is 36.0 Å². The molecule has 0 spiro atoms. The van der Waals surface area contributed by atoms with Gasteiger partial charge in [0.05, 0.1) is 17.5 Å². The van der Waals surface area contributed by atoms with Crippen molar-refractivity contribution in [1.29, 1.82) is 0 Å². The summed E-state index contributed by atoms with van der Waals surface area (Å²) in [6.45, 7) is 0. The van der Waals surface area contributed by atoms with Crippen molar-refractivity contribution in [3.8, 4) is 22.8 Å². The Balaban J connectivity index is 1.35. The smallest absolute Gasteiger partial charge is 0.345 e. The summed E-state index contributed by atoms with van der Waals surface area (Å²) in [5.41, 5.74) is 5.16. The van der Waals surface area contributed by atoms with E-state index in [1.807, 2.05) is 54.6 Å². The molecule has 0 saturated heterocycles. The van der Waals surface area contributed by atoms with Gasteiger partial charge in [0.15, 0.2) is 11.6 Å². The fourth-order valence-electron chi connectivity index (χ4n) is 3.71. The fourth-order valence-corrected chi connectivity index (χ4v) is 3.71. The molecular weight excluding hydrogens is 456 g/mol. The van der Waals surface area contributed by atoms with E-state index in [1.165, 1.54) is 0 Å². The minimum Gasteiger partial charge on any atom is -0.422 e. The Kier molecular flexibility index (Phi) is 5.36. The van der Waals surface area contributed by atoms with Gasteiger partial charge in [0.1, 0.15) is 11.3 Å². The molecule has 4 heterocycles. The molecule has 6 aromatic rings. The summed E-state index contributed by atoms with van der Waals surface area (Å²) in [5, 5.41) is 22.2. The van der Waals surface area contributed by atoms with E-state index in [2.05, 4.69) is 30.9 Å². The second kappa shape index (κ2) is 9.11. The molecule has 0 aliphatic carbocycles. The zero-order chi connectivity index (χ0) is 24.3. The molecule has 0 unspecified atom stereocenters. The lowest BCUT2D eigenvalue weighted by Gasteiger charge is -2.02. The van der Waals surface area contributed by atoms with Crippen LogP contribution >= 0.6 is 0 Å². The van der Waals surface area contributed by atoms with Crippen molar-refractivity contribution in [2.24, 2.45) is 5.10 Å². The molecule has 36 heavy (non-hydrogen) atoms. The lowest BCUT2D eigenvalue weighted by Crippen LogP contribution is -2.05. The minimum absolute atomic E-state index is 0.341. The molecule has 2 aromatic carbocycles. The Bertz CT molecular complexity index is 1720. The van der Waals surface area contributed by atoms with Crippen LogP contribution in [0.5, 0.6) is 0 Å². The van der Waals surface area contributed by atoms with E-state index < -0.39 is 5.63 Å². The number of fused-ring (bicyclic) bond motifs is 1. The Labute approximate surface area is 204 Å². The van der Waals surface area contributed by atoms with E-state index in [0.29, 0.717) is 34.0 Å². The second-order valence-electron chi connectivity index (χ2n) is 7.80. The largest absolute Gasteiger partial charge is 0.422 e. The Hall–Kier alpha value is -5.38. The molecule has 0 saturated carbocycles. The van der Waals surface area contributed by atoms with Crippen LogP contribution in [0.25, 0.3) is 33.7 Å². The lowest BCUT2D eigenvalue weighted by molar-refractivity contribution is 0.563. The number of benzene rings is 2. The van der Waals surface area contributed by atoms with E-state index >= 15 is 0 Å². The van der Waals surface area contributed by atoms with Crippen molar-refractivity contribution in [3.05, 3.63) is 113 Å². The van der Waals surface area contributed by atoms with Crippen molar-refractivity contribution >= 4 is 23.0 Å². The summed E-state index contributed by atoms with van der Waals surface area (Å²) in [6, 6.07) is 24.1. The van der Waals surface area contributed by atoms with E-state index in [-0.39, 0.29) is 0 Å². The Morgan fingerprint density at radius 3 is 2.58 bits per heavy atom. The van der Waals surface area contributed by atoms with Crippen LogP contribution in [-0.2, 0) is 0 Å². The first kappa shape index (κ1) is 21.2. The molecule has 1 N–H and O–H groups in total.